The van der Waals surface area contributed by atoms with Crippen LogP contribution in [-0.2, 0) is 25.6 Å². The third-order valence-corrected chi connectivity index (χ3v) is 8.51. The zero-order chi connectivity index (χ0) is 28.4. The molecule has 39 heavy (non-hydrogen) atoms. The molecule has 2 saturated carbocycles. The number of aromatic hydroxyl groups is 1. The predicted octanol–water partition coefficient (Wildman–Crippen LogP) is 1.35. The van der Waals surface area contributed by atoms with Crippen LogP contribution in [0.5, 0.6) is 5.75 Å². The highest BCUT2D eigenvalue weighted by Crippen LogP contribution is 2.51. The highest BCUT2D eigenvalue weighted by molar-refractivity contribution is 6.32. The molecule has 1 amide bonds. The minimum Gasteiger partial charge on any atom is -0.507 e. The van der Waals surface area contributed by atoms with Crippen LogP contribution in [0, 0.1) is 30.6 Å². The number of nitrogens with zero attached hydrogens (tertiary/aromatic N) is 1. The van der Waals surface area contributed by atoms with Crippen LogP contribution in [0.4, 0.5) is 0 Å². The Morgan fingerprint density at radius 1 is 1.03 bits per heavy atom. The van der Waals surface area contributed by atoms with Crippen LogP contribution in [0.15, 0.2) is 36.4 Å². The average molecular weight is 531 g/mol. The lowest BCUT2D eigenvalue weighted by atomic mass is 9.52. The lowest BCUT2D eigenvalue weighted by molar-refractivity contribution is -0.181. The van der Waals surface area contributed by atoms with Crippen LogP contribution in [0.2, 0.25) is 0 Å². The molecule has 6 atom stereocenters. The zero-order valence-corrected chi connectivity index (χ0v) is 21.9. The molecule has 2 aromatic rings. The van der Waals surface area contributed by atoms with Crippen molar-refractivity contribution in [3.8, 4) is 5.75 Å². The van der Waals surface area contributed by atoms with Gasteiger partial charge >= 0.3 is 0 Å². The van der Waals surface area contributed by atoms with Crippen molar-refractivity contribution in [2.24, 2.45) is 29.4 Å². The van der Waals surface area contributed by atoms with Gasteiger partial charge in [-0.15, -0.1) is 0 Å². The van der Waals surface area contributed by atoms with E-state index in [0.29, 0.717) is 11.1 Å². The largest absolute Gasteiger partial charge is 0.507 e. The van der Waals surface area contributed by atoms with Crippen LogP contribution in [0.1, 0.15) is 39.0 Å². The summed E-state index contributed by atoms with van der Waals surface area (Å²) >= 11 is 0. The van der Waals surface area contributed by atoms with Gasteiger partial charge in [-0.3, -0.25) is 28.9 Å². The predicted molar refractivity (Wildman–Crippen MR) is 141 cm³/mol. The number of ketones is 4. The number of likely N-dealkylation sites (N-methyl/N-ethyl adjacent to an activating group) is 1. The number of amides is 1. The smallest absolute Gasteiger partial charge is 0.235 e. The Hall–Kier alpha value is -3.95. The van der Waals surface area contributed by atoms with Crippen molar-refractivity contribution in [1.82, 2.24) is 4.90 Å². The fourth-order valence-corrected chi connectivity index (χ4v) is 6.65. The highest BCUT2D eigenvalue weighted by atomic mass is 16.3. The molecule has 0 bridgehead atoms. The van der Waals surface area contributed by atoms with Gasteiger partial charge in [-0.2, -0.15) is 0 Å². The zero-order valence-electron chi connectivity index (χ0n) is 21.9. The number of carbonyl (C=O) groups excluding carboxylic acids is 5. The molecule has 9 heteroatoms. The Labute approximate surface area is 225 Å². The van der Waals surface area contributed by atoms with Crippen LogP contribution in [0.3, 0.4) is 0 Å². The molecule has 2 fully saturated rings. The minimum absolute atomic E-state index is 0.0146. The number of hydrogen-bond donors (Lipinski definition) is 3. The van der Waals surface area contributed by atoms with Crippen molar-refractivity contribution in [3.05, 3.63) is 64.2 Å². The van der Waals surface area contributed by atoms with Gasteiger partial charge in [0.1, 0.15) is 5.75 Å². The van der Waals surface area contributed by atoms with Gasteiger partial charge in [0, 0.05) is 5.92 Å². The van der Waals surface area contributed by atoms with Crippen LogP contribution >= 0.6 is 0 Å². The quantitative estimate of drug-likeness (QED) is 0.395. The maximum atomic E-state index is 13.9. The van der Waals surface area contributed by atoms with E-state index in [9.17, 15) is 34.2 Å². The number of hydrogen-bond acceptors (Lipinski definition) is 8. The standard InChI is InChI=1S/C30H30N2O7/c1-14-4-6-15(7-5-14)8-9-16-10-11-20(33)22-18(16)12-17-13-19-24(32(2)3)26(35)23(29(31)38)28(37)30(19,39)27(36)21(17)25(22)34/h4-11,17,19,21,23-24,33,39H,12-13H2,1-3H3,(H2,31,38)/b9-8+/t17-,19-,21?,23?,24-,30-/m0/s1. The molecule has 0 radical (unpaired) electrons. The van der Waals surface area contributed by atoms with Gasteiger partial charge in [0.2, 0.25) is 5.91 Å². The summed E-state index contributed by atoms with van der Waals surface area (Å²) in [6.45, 7) is 1.99. The van der Waals surface area contributed by atoms with Gasteiger partial charge in [0.15, 0.2) is 34.7 Å². The van der Waals surface area contributed by atoms with E-state index in [1.165, 1.54) is 11.0 Å². The van der Waals surface area contributed by atoms with Crippen LogP contribution in [0.25, 0.3) is 12.2 Å². The second-order valence-electron chi connectivity index (χ2n) is 11.1. The van der Waals surface area contributed by atoms with Crippen molar-refractivity contribution < 1.29 is 34.2 Å². The molecule has 0 heterocycles. The van der Waals surface area contributed by atoms with E-state index in [4.69, 9.17) is 5.73 Å². The lowest BCUT2D eigenvalue weighted by Gasteiger charge is -2.52. The fourth-order valence-electron chi connectivity index (χ4n) is 6.65. The number of benzene rings is 2. The number of aryl methyl sites for hydroxylation is 1. The molecular weight excluding hydrogens is 500 g/mol. The van der Waals surface area contributed by atoms with Gasteiger partial charge < -0.3 is 15.9 Å². The van der Waals surface area contributed by atoms with Gasteiger partial charge in [-0.25, -0.2) is 0 Å². The van der Waals surface area contributed by atoms with E-state index in [1.54, 1.807) is 20.2 Å². The van der Waals surface area contributed by atoms with Crippen molar-refractivity contribution in [1.29, 1.82) is 0 Å². The normalized spacial score (nSPS) is 30.3. The van der Waals surface area contributed by atoms with Crippen LogP contribution < -0.4 is 5.73 Å². The van der Waals surface area contributed by atoms with Gasteiger partial charge in [-0.05, 0) is 62.5 Å². The number of fused-ring (bicyclic) bond motifs is 3. The van der Waals surface area contributed by atoms with Crippen molar-refractivity contribution in [2.45, 2.75) is 31.4 Å². The number of aliphatic hydroxyl groups is 1. The van der Waals surface area contributed by atoms with Crippen molar-refractivity contribution in [2.75, 3.05) is 14.1 Å². The molecule has 9 nitrogen and oxygen atoms in total. The van der Waals surface area contributed by atoms with E-state index < -0.39 is 64.4 Å². The first kappa shape index (κ1) is 26.6. The summed E-state index contributed by atoms with van der Waals surface area (Å²) in [6.07, 6.45) is 3.96. The minimum atomic E-state index is -2.73. The molecular formula is C30H30N2O7. The topological polar surface area (TPSA) is 155 Å². The molecule has 0 saturated heterocycles. The summed E-state index contributed by atoms with van der Waals surface area (Å²) in [6, 6.07) is 9.82. The highest BCUT2D eigenvalue weighted by Gasteiger charge is 2.69. The number of rotatable bonds is 4. The molecule has 0 aliphatic heterocycles. The lowest BCUT2D eigenvalue weighted by Crippen LogP contribution is -2.74. The number of primary amides is 1. The number of Topliss-reactive ketones (excluding diaryl/α,β-unsaturated/α-hetero) is 4. The molecule has 3 aliphatic rings. The molecule has 2 unspecified atom stereocenters. The first-order chi connectivity index (χ1) is 18.4. The van der Waals surface area contributed by atoms with Crippen LogP contribution in [-0.4, -0.2) is 69.9 Å². The van der Waals surface area contributed by atoms with Crippen molar-refractivity contribution in [3.63, 3.8) is 0 Å². The van der Waals surface area contributed by atoms with E-state index in [1.807, 2.05) is 43.3 Å². The average Bonchev–Trinajstić information content (AvgIpc) is 2.86. The Bertz CT molecular complexity index is 1460. The van der Waals surface area contributed by atoms with Gasteiger partial charge in [0.25, 0.3) is 0 Å². The Kier molecular flexibility index (Phi) is 6.39. The Morgan fingerprint density at radius 3 is 2.31 bits per heavy atom. The fraction of sp³-hybridized carbons (Fsp3) is 0.367. The first-order valence-electron chi connectivity index (χ1n) is 12.8. The second kappa shape index (κ2) is 9.36. The molecule has 0 aromatic heterocycles. The Balaban J connectivity index is 1.59. The monoisotopic (exact) mass is 530 g/mol. The summed E-state index contributed by atoms with van der Waals surface area (Å²) < 4.78 is 0. The number of phenols is 1. The molecule has 4 N–H and O–H groups in total. The van der Waals surface area contributed by atoms with E-state index in [-0.39, 0.29) is 24.2 Å². The van der Waals surface area contributed by atoms with Gasteiger partial charge in [-0.1, -0.05) is 48.0 Å². The second-order valence-corrected chi connectivity index (χ2v) is 11.1. The third kappa shape index (κ3) is 3.95. The SMILES string of the molecule is Cc1ccc(/C=C/c2ccc(O)c3c2C[C@H]2C[C@H]4[C@H](N(C)C)C(=O)C(C(N)=O)C(=O)[C@@]4(O)C(=O)C2C3=O)cc1. The summed E-state index contributed by atoms with van der Waals surface area (Å²) in [4.78, 5) is 67.7. The van der Waals surface area contributed by atoms with E-state index >= 15 is 0 Å². The molecule has 0 spiro atoms. The summed E-state index contributed by atoms with van der Waals surface area (Å²) in [7, 11) is 3.11. The molecule has 202 valence electrons. The maximum absolute atomic E-state index is 13.9. The molecule has 3 aliphatic carbocycles. The Morgan fingerprint density at radius 2 is 1.69 bits per heavy atom. The third-order valence-electron chi connectivity index (χ3n) is 8.51. The summed E-state index contributed by atoms with van der Waals surface area (Å²) in [5, 5.41) is 22.3. The maximum Gasteiger partial charge on any atom is 0.235 e. The molecule has 5 rings (SSSR count). The first-order valence-corrected chi connectivity index (χ1v) is 12.8. The van der Waals surface area contributed by atoms with Gasteiger partial charge in [0.05, 0.1) is 17.5 Å². The summed E-state index contributed by atoms with van der Waals surface area (Å²) in [5.74, 6) is -10.5. The molecule has 2 aromatic carbocycles. The van der Waals surface area contributed by atoms with Crippen molar-refractivity contribution >= 4 is 41.2 Å². The number of carbonyl (C=O) groups is 5. The van der Waals surface area contributed by atoms with E-state index in [0.717, 1.165) is 11.1 Å². The summed E-state index contributed by atoms with van der Waals surface area (Å²) in [5.41, 5.74) is 5.91. The number of nitrogens with two attached hydrogens (primary N) is 1. The van der Waals surface area contributed by atoms with E-state index in [2.05, 4.69) is 0 Å². The number of phenolic OH excluding ortho intramolecular Hbond substituents is 1.